The third kappa shape index (κ3) is 1.89. The Kier molecular flexibility index (Phi) is 3.09. The number of rotatable bonds is 3. The number of ether oxygens (including phenoxy) is 2. The molecule has 1 aliphatic heterocycles. The first-order chi connectivity index (χ1) is 8.93. The van der Waals surface area contributed by atoms with Crippen molar-refractivity contribution in [2.75, 3.05) is 14.2 Å². The molecule has 1 aliphatic rings. The topological polar surface area (TPSA) is 76.7 Å². The van der Waals surface area contributed by atoms with E-state index in [1.807, 2.05) is 6.92 Å². The Morgan fingerprint density at radius 1 is 1.16 bits per heavy atom. The van der Waals surface area contributed by atoms with Crippen LogP contribution in [0.5, 0.6) is 11.5 Å². The van der Waals surface area contributed by atoms with Crippen LogP contribution < -0.4 is 20.1 Å². The molecule has 6 heteroatoms. The van der Waals surface area contributed by atoms with Gasteiger partial charge in [0, 0.05) is 11.1 Å². The van der Waals surface area contributed by atoms with Crippen LogP contribution in [-0.4, -0.2) is 26.2 Å². The van der Waals surface area contributed by atoms with Crippen LogP contribution in [0.25, 0.3) is 0 Å². The van der Waals surface area contributed by atoms with Gasteiger partial charge in [-0.3, -0.25) is 10.1 Å². The fourth-order valence-electron chi connectivity index (χ4n) is 2.28. The summed E-state index contributed by atoms with van der Waals surface area (Å²) in [7, 11) is 3.08. The first-order valence-corrected chi connectivity index (χ1v) is 5.79. The van der Waals surface area contributed by atoms with Gasteiger partial charge < -0.3 is 14.8 Å². The SMILES string of the molecule is COc1ccc(C2(C)NC(=O)NC2=O)c(OC)c1C. The smallest absolute Gasteiger partial charge is 0.322 e. The van der Waals surface area contributed by atoms with Crippen molar-refractivity contribution in [3.05, 3.63) is 23.3 Å². The second kappa shape index (κ2) is 4.46. The molecule has 19 heavy (non-hydrogen) atoms. The number of benzene rings is 1. The van der Waals surface area contributed by atoms with Crippen molar-refractivity contribution in [2.45, 2.75) is 19.4 Å². The minimum Gasteiger partial charge on any atom is -0.496 e. The molecule has 3 amide bonds. The molecule has 102 valence electrons. The maximum Gasteiger partial charge on any atom is 0.322 e. The van der Waals surface area contributed by atoms with E-state index in [0.717, 1.165) is 5.56 Å². The number of carbonyl (C=O) groups excluding carboxylic acids is 2. The number of hydrogen-bond donors (Lipinski definition) is 2. The van der Waals surface area contributed by atoms with E-state index >= 15 is 0 Å². The summed E-state index contributed by atoms with van der Waals surface area (Å²) in [5.74, 6) is 0.786. The Balaban J connectivity index is 2.60. The molecule has 2 rings (SSSR count). The second-order valence-corrected chi connectivity index (χ2v) is 4.51. The van der Waals surface area contributed by atoms with Crippen molar-refractivity contribution < 1.29 is 19.1 Å². The molecule has 1 aromatic rings. The van der Waals surface area contributed by atoms with E-state index in [2.05, 4.69) is 10.6 Å². The largest absolute Gasteiger partial charge is 0.496 e. The zero-order chi connectivity index (χ0) is 14.2. The molecule has 1 aromatic carbocycles. The summed E-state index contributed by atoms with van der Waals surface area (Å²) in [5.41, 5.74) is 0.230. The fourth-order valence-corrected chi connectivity index (χ4v) is 2.28. The highest BCUT2D eigenvalue weighted by atomic mass is 16.5. The number of imide groups is 1. The molecule has 1 heterocycles. The highest BCUT2D eigenvalue weighted by molar-refractivity contribution is 6.07. The van der Waals surface area contributed by atoms with Gasteiger partial charge in [-0.1, -0.05) is 0 Å². The number of methoxy groups -OCH3 is 2. The lowest BCUT2D eigenvalue weighted by Gasteiger charge is -2.25. The molecule has 0 aliphatic carbocycles. The van der Waals surface area contributed by atoms with Gasteiger partial charge in [0.25, 0.3) is 5.91 Å². The third-order valence-electron chi connectivity index (χ3n) is 3.36. The third-order valence-corrected chi connectivity index (χ3v) is 3.36. The summed E-state index contributed by atoms with van der Waals surface area (Å²) in [5, 5.41) is 4.84. The predicted octanol–water partition coefficient (Wildman–Crippen LogP) is 1.07. The summed E-state index contributed by atoms with van der Waals surface area (Å²) in [6, 6.07) is 2.95. The molecule has 1 unspecified atom stereocenters. The lowest BCUT2D eigenvalue weighted by molar-refractivity contribution is -0.123. The highest BCUT2D eigenvalue weighted by Crippen LogP contribution is 2.38. The summed E-state index contributed by atoms with van der Waals surface area (Å²) >= 11 is 0. The number of urea groups is 1. The van der Waals surface area contributed by atoms with Crippen LogP contribution >= 0.6 is 0 Å². The van der Waals surface area contributed by atoms with E-state index in [-0.39, 0.29) is 0 Å². The zero-order valence-corrected chi connectivity index (χ0v) is 11.3. The number of amides is 3. The Bertz CT molecular complexity index is 556. The molecular formula is C13H16N2O4. The monoisotopic (exact) mass is 264 g/mol. The summed E-state index contributed by atoms with van der Waals surface area (Å²) < 4.78 is 10.6. The number of nitrogens with one attached hydrogen (secondary N) is 2. The molecule has 0 radical (unpaired) electrons. The van der Waals surface area contributed by atoms with Crippen LogP contribution in [-0.2, 0) is 10.3 Å². The van der Waals surface area contributed by atoms with Gasteiger partial charge >= 0.3 is 6.03 Å². The van der Waals surface area contributed by atoms with Crippen molar-refractivity contribution in [3.63, 3.8) is 0 Å². The van der Waals surface area contributed by atoms with Gasteiger partial charge in [-0.05, 0) is 26.0 Å². The molecule has 1 fully saturated rings. The van der Waals surface area contributed by atoms with E-state index in [9.17, 15) is 9.59 Å². The maximum atomic E-state index is 12.0. The number of hydrogen-bond acceptors (Lipinski definition) is 4. The normalized spacial score (nSPS) is 21.9. The summed E-state index contributed by atoms with van der Waals surface area (Å²) in [4.78, 5) is 23.3. The molecule has 0 aromatic heterocycles. The van der Waals surface area contributed by atoms with Gasteiger partial charge in [0.2, 0.25) is 0 Å². The zero-order valence-electron chi connectivity index (χ0n) is 11.3. The van der Waals surface area contributed by atoms with Crippen LogP contribution in [0.2, 0.25) is 0 Å². The lowest BCUT2D eigenvalue weighted by Crippen LogP contribution is -2.41. The average molecular weight is 264 g/mol. The minimum atomic E-state index is -1.14. The Morgan fingerprint density at radius 3 is 2.32 bits per heavy atom. The Labute approximate surface area is 111 Å². The molecule has 0 bridgehead atoms. The van der Waals surface area contributed by atoms with Crippen LogP contribution in [0, 0.1) is 6.92 Å². The standard InChI is InChI=1S/C13H16N2O4/c1-7-9(18-3)6-5-8(10(7)19-4)13(2)11(16)14-12(17)15-13/h5-6H,1-4H3,(H2,14,15,16,17). The minimum absolute atomic E-state index is 0.402. The number of carbonyl (C=O) groups is 2. The van der Waals surface area contributed by atoms with E-state index in [1.54, 1.807) is 26.2 Å². The van der Waals surface area contributed by atoms with Gasteiger partial charge in [-0.15, -0.1) is 0 Å². The summed E-state index contributed by atoms with van der Waals surface area (Å²) in [6.07, 6.45) is 0. The molecule has 0 saturated carbocycles. The maximum absolute atomic E-state index is 12.0. The predicted molar refractivity (Wildman–Crippen MR) is 68.3 cm³/mol. The highest BCUT2D eigenvalue weighted by Gasteiger charge is 2.45. The van der Waals surface area contributed by atoms with Crippen molar-refractivity contribution in [1.82, 2.24) is 10.6 Å². The molecule has 1 atom stereocenters. The first-order valence-electron chi connectivity index (χ1n) is 5.79. The van der Waals surface area contributed by atoms with E-state index in [4.69, 9.17) is 9.47 Å². The molecule has 2 N–H and O–H groups in total. The van der Waals surface area contributed by atoms with Gasteiger partial charge in [-0.2, -0.15) is 0 Å². The van der Waals surface area contributed by atoms with Crippen molar-refractivity contribution in [1.29, 1.82) is 0 Å². The lowest BCUT2D eigenvalue weighted by atomic mass is 9.89. The van der Waals surface area contributed by atoms with E-state index < -0.39 is 17.5 Å². The van der Waals surface area contributed by atoms with Crippen molar-refractivity contribution in [2.24, 2.45) is 0 Å². The van der Waals surface area contributed by atoms with Crippen LogP contribution in [0.3, 0.4) is 0 Å². The first kappa shape index (κ1) is 13.2. The van der Waals surface area contributed by atoms with Crippen molar-refractivity contribution >= 4 is 11.9 Å². The Hall–Kier alpha value is -2.24. The summed E-state index contributed by atoms with van der Waals surface area (Å²) in [6.45, 7) is 3.47. The fraction of sp³-hybridized carbons (Fsp3) is 0.385. The van der Waals surface area contributed by atoms with Crippen LogP contribution in [0.15, 0.2) is 12.1 Å². The van der Waals surface area contributed by atoms with Crippen LogP contribution in [0.4, 0.5) is 4.79 Å². The molecular weight excluding hydrogens is 248 g/mol. The van der Waals surface area contributed by atoms with Crippen LogP contribution in [0.1, 0.15) is 18.1 Å². The van der Waals surface area contributed by atoms with Gasteiger partial charge in [0.15, 0.2) is 0 Å². The van der Waals surface area contributed by atoms with Gasteiger partial charge in [0.05, 0.1) is 14.2 Å². The molecule has 0 spiro atoms. The van der Waals surface area contributed by atoms with Crippen molar-refractivity contribution in [3.8, 4) is 11.5 Å². The Morgan fingerprint density at radius 2 is 1.84 bits per heavy atom. The van der Waals surface area contributed by atoms with Gasteiger partial charge in [0.1, 0.15) is 17.0 Å². The van der Waals surface area contributed by atoms with E-state index in [0.29, 0.717) is 17.1 Å². The van der Waals surface area contributed by atoms with E-state index in [1.165, 1.54) is 7.11 Å². The molecule has 6 nitrogen and oxygen atoms in total. The average Bonchev–Trinajstić information content (AvgIpc) is 2.63. The van der Waals surface area contributed by atoms with Gasteiger partial charge in [-0.25, -0.2) is 4.79 Å². The second-order valence-electron chi connectivity index (χ2n) is 4.51. The quantitative estimate of drug-likeness (QED) is 0.800. The molecule has 1 saturated heterocycles.